The fourth-order valence-electron chi connectivity index (χ4n) is 2.22. The number of aromatic nitrogens is 1. The number of nitrogens with zero attached hydrogens (tertiary/aromatic N) is 2. The molecular weight excluding hydrogens is 252 g/mol. The smallest absolute Gasteiger partial charge is 0.107 e. The van der Waals surface area contributed by atoms with E-state index in [9.17, 15) is 0 Å². The molecule has 0 N–H and O–H groups in total. The minimum atomic E-state index is 0.742. The molecule has 0 radical (unpaired) electrons. The summed E-state index contributed by atoms with van der Waals surface area (Å²) in [4.78, 5) is 8.64. The monoisotopic (exact) mass is 270 g/mol. The minimum Gasteiger partial charge on any atom is -0.379 e. The van der Waals surface area contributed by atoms with E-state index in [4.69, 9.17) is 9.72 Å². The highest BCUT2D eigenvalue weighted by molar-refractivity contribution is 7.79. The van der Waals surface area contributed by atoms with Gasteiger partial charge in [0.05, 0.1) is 25.5 Å². The highest BCUT2D eigenvalue weighted by Gasteiger charge is 2.29. The van der Waals surface area contributed by atoms with E-state index >= 15 is 0 Å². The molecule has 0 amide bonds. The van der Waals surface area contributed by atoms with Crippen LogP contribution in [0.1, 0.15) is 34.3 Å². The molecule has 2 heterocycles. The van der Waals surface area contributed by atoms with Gasteiger partial charge in [0.1, 0.15) is 5.01 Å². The van der Waals surface area contributed by atoms with Crippen LogP contribution >= 0.6 is 24.0 Å². The van der Waals surface area contributed by atoms with Crippen LogP contribution in [0.5, 0.6) is 0 Å². The van der Waals surface area contributed by atoms with Gasteiger partial charge in [-0.05, 0) is 12.8 Å². The third-order valence-electron chi connectivity index (χ3n) is 3.34. The zero-order valence-corrected chi connectivity index (χ0v) is 11.6. The van der Waals surface area contributed by atoms with Gasteiger partial charge in [0.25, 0.3) is 0 Å². The van der Waals surface area contributed by atoms with E-state index in [2.05, 4.69) is 17.5 Å². The maximum atomic E-state index is 5.36. The minimum absolute atomic E-state index is 0.742. The van der Waals surface area contributed by atoms with Crippen molar-refractivity contribution in [1.82, 2.24) is 9.88 Å². The molecule has 0 unspecified atom stereocenters. The number of ether oxygens (including phenoxy) is 1. The first-order valence-corrected chi connectivity index (χ1v) is 7.71. The molecular formula is C12H18N2OS2. The number of rotatable bonds is 4. The summed E-state index contributed by atoms with van der Waals surface area (Å²) in [6, 6.07) is 0. The average molecular weight is 270 g/mol. The molecule has 0 spiro atoms. The van der Waals surface area contributed by atoms with E-state index in [0.29, 0.717) is 0 Å². The van der Waals surface area contributed by atoms with E-state index < -0.39 is 0 Å². The molecule has 0 atom stereocenters. The van der Waals surface area contributed by atoms with Crippen molar-refractivity contribution >= 4 is 24.0 Å². The molecule has 1 aliphatic heterocycles. The number of hydrogen-bond donors (Lipinski definition) is 1. The number of hydrogen-bond acceptors (Lipinski definition) is 5. The summed E-state index contributed by atoms with van der Waals surface area (Å²) in [5.41, 5.74) is 1.34. The van der Waals surface area contributed by atoms with Crippen molar-refractivity contribution in [3.63, 3.8) is 0 Å². The van der Waals surface area contributed by atoms with Crippen LogP contribution in [0.25, 0.3) is 0 Å². The van der Waals surface area contributed by atoms with E-state index in [1.54, 1.807) is 0 Å². The van der Waals surface area contributed by atoms with E-state index in [1.807, 2.05) is 11.3 Å². The molecule has 1 saturated carbocycles. The number of thiazole rings is 1. The average Bonchev–Trinajstić information content (AvgIpc) is 3.13. The van der Waals surface area contributed by atoms with Crippen molar-refractivity contribution in [2.45, 2.75) is 31.1 Å². The predicted octanol–water partition coefficient (Wildman–Crippen LogP) is 2.28. The predicted molar refractivity (Wildman–Crippen MR) is 72.9 cm³/mol. The summed E-state index contributed by atoms with van der Waals surface area (Å²) >= 11 is 6.27. The summed E-state index contributed by atoms with van der Waals surface area (Å²) in [5, 5.41) is 1.26. The summed E-state index contributed by atoms with van der Waals surface area (Å²) in [5.74, 6) is 1.58. The highest BCUT2D eigenvalue weighted by atomic mass is 32.1. The second kappa shape index (κ2) is 5.26. The van der Waals surface area contributed by atoms with Crippen LogP contribution in [0.4, 0.5) is 0 Å². The summed E-state index contributed by atoms with van der Waals surface area (Å²) < 4.78 is 5.36. The van der Waals surface area contributed by atoms with Crippen molar-refractivity contribution in [2.24, 2.45) is 0 Å². The maximum absolute atomic E-state index is 5.36. The van der Waals surface area contributed by atoms with Gasteiger partial charge in [-0.2, -0.15) is 12.6 Å². The molecule has 2 fully saturated rings. The fourth-order valence-corrected chi connectivity index (χ4v) is 3.63. The van der Waals surface area contributed by atoms with Gasteiger partial charge in [-0.25, -0.2) is 4.98 Å². The largest absolute Gasteiger partial charge is 0.379 e. The molecule has 17 heavy (non-hydrogen) atoms. The molecule has 3 rings (SSSR count). The van der Waals surface area contributed by atoms with Crippen molar-refractivity contribution in [2.75, 3.05) is 26.3 Å². The third kappa shape index (κ3) is 2.84. The maximum Gasteiger partial charge on any atom is 0.107 e. The standard InChI is InChI=1S/C12H18N2OS2/c16-8-10-12(9-1-2-9)13-11(17-10)7-14-3-5-15-6-4-14/h9,16H,1-8H2. The highest BCUT2D eigenvalue weighted by Crippen LogP contribution is 2.43. The van der Waals surface area contributed by atoms with Crippen LogP contribution in [-0.4, -0.2) is 36.2 Å². The van der Waals surface area contributed by atoms with Gasteiger partial charge in [0.15, 0.2) is 0 Å². The first-order valence-electron chi connectivity index (χ1n) is 6.26. The molecule has 5 heteroatoms. The lowest BCUT2D eigenvalue weighted by Gasteiger charge is -2.25. The quantitative estimate of drug-likeness (QED) is 0.850. The van der Waals surface area contributed by atoms with Crippen LogP contribution in [-0.2, 0) is 17.0 Å². The van der Waals surface area contributed by atoms with Gasteiger partial charge in [0, 0.05) is 29.6 Å². The molecule has 3 nitrogen and oxygen atoms in total. The normalized spacial score (nSPS) is 21.9. The van der Waals surface area contributed by atoms with Crippen molar-refractivity contribution in [3.05, 3.63) is 15.6 Å². The summed E-state index contributed by atoms with van der Waals surface area (Å²) in [6.07, 6.45) is 2.64. The van der Waals surface area contributed by atoms with E-state index in [-0.39, 0.29) is 0 Å². The molecule has 1 aliphatic carbocycles. The molecule has 1 aromatic heterocycles. The molecule has 1 aromatic rings. The van der Waals surface area contributed by atoms with Gasteiger partial charge >= 0.3 is 0 Å². The van der Waals surface area contributed by atoms with Crippen molar-refractivity contribution in [3.8, 4) is 0 Å². The lowest BCUT2D eigenvalue weighted by atomic mass is 10.3. The molecule has 1 saturated heterocycles. The zero-order valence-electron chi connectivity index (χ0n) is 9.89. The lowest BCUT2D eigenvalue weighted by molar-refractivity contribution is 0.0341. The Morgan fingerprint density at radius 3 is 2.76 bits per heavy atom. The van der Waals surface area contributed by atoms with Crippen molar-refractivity contribution in [1.29, 1.82) is 0 Å². The Kier molecular flexibility index (Phi) is 3.70. The third-order valence-corrected chi connectivity index (χ3v) is 4.93. The summed E-state index contributed by atoms with van der Waals surface area (Å²) in [7, 11) is 0. The van der Waals surface area contributed by atoms with Gasteiger partial charge in [-0.3, -0.25) is 4.90 Å². The van der Waals surface area contributed by atoms with E-state index in [0.717, 1.165) is 44.5 Å². The van der Waals surface area contributed by atoms with Gasteiger partial charge in [0.2, 0.25) is 0 Å². The van der Waals surface area contributed by atoms with Crippen LogP contribution in [0.2, 0.25) is 0 Å². The molecule has 0 aromatic carbocycles. The Bertz CT molecular complexity index is 384. The molecule has 2 aliphatic rings. The molecule has 0 bridgehead atoms. The second-order valence-corrected chi connectivity index (χ2v) is 6.22. The van der Waals surface area contributed by atoms with Gasteiger partial charge in [-0.15, -0.1) is 11.3 Å². The van der Waals surface area contributed by atoms with Crippen LogP contribution in [0, 0.1) is 0 Å². The van der Waals surface area contributed by atoms with E-state index in [1.165, 1.54) is 28.4 Å². The fraction of sp³-hybridized carbons (Fsp3) is 0.750. The van der Waals surface area contributed by atoms with Gasteiger partial charge in [-0.1, -0.05) is 0 Å². The topological polar surface area (TPSA) is 25.4 Å². The Morgan fingerprint density at radius 1 is 1.35 bits per heavy atom. The zero-order chi connectivity index (χ0) is 11.7. The van der Waals surface area contributed by atoms with Gasteiger partial charge < -0.3 is 4.74 Å². The van der Waals surface area contributed by atoms with Crippen LogP contribution < -0.4 is 0 Å². The number of morpholine rings is 1. The van der Waals surface area contributed by atoms with Crippen LogP contribution in [0.3, 0.4) is 0 Å². The first-order chi connectivity index (χ1) is 8.36. The Labute approximate surface area is 112 Å². The number of thiol groups is 1. The van der Waals surface area contributed by atoms with Crippen molar-refractivity contribution < 1.29 is 4.74 Å². The summed E-state index contributed by atoms with van der Waals surface area (Å²) in [6.45, 7) is 4.78. The first kappa shape index (κ1) is 12.0. The Balaban J connectivity index is 1.69. The molecule has 94 valence electrons. The SMILES string of the molecule is SCc1sc(CN2CCOCC2)nc1C1CC1. The lowest BCUT2D eigenvalue weighted by Crippen LogP contribution is -2.35. The van der Waals surface area contributed by atoms with Crippen LogP contribution in [0.15, 0.2) is 0 Å². The Hall–Kier alpha value is -0.100. The second-order valence-electron chi connectivity index (χ2n) is 4.74. The Morgan fingerprint density at radius 2 is 2.12 bits per heavy atom.